The molecule has 3 atom stereocenters. The predicted molar refractivity (Wildman–Crippen MR) is 126 cm³/mol. The summed E-state index contributed by atoms with van der Waals surface area (Å²) in [5, 5.41) is 0.822. The number of nitrogens with zero attached hydrogens (tertiary/aromatic N) is 2. The summed E-state index contributed by atoms with van der Waals surface area (Å²) in [6.45, 7) is 17.1. The number of hydrogen-bond acceptors (Lipinski definition) is 2. The van der Waals surface area contributed by atoms with Gasteiger partial charge in [-0.1, -0.05) is 49.7 Å². The van der Waals surface area contributed by atoms with Crippen LogP contribution in [0, 0.1) is 11.8 Å². The van der Waals surface area contributed by atoms with Gasteiger partial charge in [-0.25, -0.2) is 0 Å². The lowest BCUT2D eigenvalue weighted by molar-refractivity contribution is -0.00571. The van der Waals surface area contributed by atoms with Gasteiger partial charge in [-0.2, -0.15) is 0 Å². The summed E-state index contributed by atoms with van der Waals surface area (Å²) in [5.74, 6) is 1.50. The number of benzene rings is 1. The Bertz CT molecular complexity index is 666. The van der Waals surface area contributed by atoms with Gasteiger partial charge < -0.3 is 0 Å². The van der Waals surface area contributed by atoms with E-state index in [-0.39, 0.29) is 5.54 Å². The topological polar surface area (TPSA) is 6.48 Å². The SMILES string of the molecule is C=CCN(CCC)C1CCC(c2ccc(Cl)cc2)(N(CC=C)CC2CC2)CC1C. The fourth-order valence-corrected chi connectivity index (χ4v) is 5.64. The van der Waals surface area contributed by atoms with Crippen molar-refractivity contribution in [3.8, 4) is 0 Å². The van der Waals surface area contributed by atoms with Crippen LogP contribution in [-0.2, 0) is 5.54 Å². The van der Waals surface area contributed by atoms with Gasteiger partial charge in [-0.15, -0.1) is 13.2 Å². The molecule has 2 aliphatic rings. The predicted octanol–water partition coefficient (Wildman–Crippen LogP) is 6.52. The van der Waals surface area contributed by atoms with Crippen LogP contribution in [0.2, 0.25) is 5.02 Å². The molecule has 2 saturated carbocycles. The largest absolute Gasteiger partial charge is 0.296 e. The molecule has 2 aliphatic carbocycles. The zero-order chi connectivity index (χ0) is 20.9. The summed E-state index contributed by atoms with van der Waals surface area (Å²) in [6.07, 6.45) is 11.7. The molecule has 2 nitrogen and oxygen atoms in total. The Labute approximate surface area is 183 Å². The quantitative estimate of drug-likeness (QED) is 0.380. The van der Waals surface area contributed by atoms with Gasteiger partial charge in [0.05, 0.1) is 0 Å². The van der Waals surface area contributed by atoms with E-state index in [1.165, 1.54) is 50.6 Å². The molecule has 0 heterocycles. The van der Waals surface area contributed by atoms with Crippen molar-refractivity contribution in [2.45, 2.75) is 64.0 Å². The van der Waals surface area contributed by atoms with Crippen LogP contribution in [0.3, 0.4) is 0 Å². The highest BCUT2D eigenvalue weighted by Crippen LogP contribution is 2.47. The molecule has 3 heteroatoms. The zero-order valence-corrected chi connectivity index (χ0v) is 19.2. The highest BCUT2D eigenvalue weighted by Gasteiger charge is 2.46. The van der Waals surface area contributed by atoms with E-state index in [0.717, 1.165) is 30.6 Å². The van der Waals surface area contributed by atoms with Crippen molar-refractivity contribution < 1.29 is 0 Å². The maximum Gasteiger partial charge on any atom is 0.0467 e. The molecule has 0 bridgehead atoms. The summed E-state index contributed by atoms with van der Waals surface area (Å²) in [7, 11) is 0. The normalized spacial score (nSPS) is 27.3. The summed E-state index contributed by atoms with van der Waals surface area (Å²) in [6, 6.07) is 9.32. The standard InChI is InChI=1S/C26H39ClN2/c1-5-16-28(17-6-2)25-14-15-26(19-21(25)4,23-10-12-24(27)13-11-23)29(18-7-3)20-22-8-9-22/h5,7,10-13,21-22,25H,1,3,6,8-9,14-20H2,2,4H3. The molecule has 29 heavy (non-hydrogen) atoms. The summed E-state index contributed by atoms with van der Waals surface area (Å²) in [4.78, 5) is 5.40. The molecule has 160 valence electrons. The average Bonchev–Trinajstić information content (AvgIpc) is 3.52. The minimum atomic E-state index is 0.0867. The van der Waals surface area contributed by atoms with Crippen molar-refractivity contribution in [1.82, 2.24) is 9.80 Å². The molecule has 0 spiro atoms. The van der Waals surface area contributed by atoms with Gasteiger partial charge in [0.15, 0.2) is 0 Å². The maximum absolute atomic E-state index is 6.25. The van der Waals surface area contributed by atoms with Crippen LogP contribution in [0.25, 0.3) is 0 Å². The first-order valence-electron chi connectivity index (χ1n) is 11.5. The van der Waals surface area contributed by atoms with Gasteiger partial charge in [0.1, 0.15) is 0 Å². The van der Waals surface area contributed by atoms with E-state index in [1.54, 1.807) is 0 Å². The molecule has 0 aliphatic heterocycles. The average molecular weight is 415 g/mol. The maximum atomic E-state index is 6.25. The first-order chi connectivity index (χ1) is 14.0. The van der Waals surface area contributed by atoms with E-state index in [9.17, 15) is 0 Å². The third-order valence-electron chi connectivity index (χ3n) is 7.03. The van der Waals surface area contributed by atoms with Crippen molar-refractivity contribution in [2.75, 3.05) is 26.2 Å². The Balaban J connectivity index is 1.90. The summed E-state index contributed by atoms with van der Waals surface area (Å²) in [5.41, 5.74) is 1.52. The summed E-state index contributed by atoms with van der Waals surface area (Å²) < 4.78 is 0. The van der Waals surface area contributed by atoms with Crippen LogP contribution in [0.5, 0.6) is 0 Å². The molecular weight excluding hydrogens is 376 g/mol. The Kier molecular flexibility index (Phi) is 8.01. The lowest BCUT2D eigenvalue weighted by Gasteiger charge is -2.52. The monoisotopic (exact) mass is 414 g/mol. The van der Waals surface area contributed by atoms with E-state index in [0.29, 0.717) is 12.0 Å². The fraction of sp³-hybridized carbons (Fsp3) is 0.615. The number of rotatable bonds is 11. The third-order valence-corrected chi connectivity index (χ3v) is 7.28. The van der Waals surface area contributed by atoms with Gasteiger partial charge in [-0.3, -0.25) is 9.80 Å². The summed E-state index contributed by atoms with van der Waals surface area (Å²) >= 11 is 6.25. The zero-order valence-electron chi connectivity index (χ0n) is 18.5. The van der Waals surface area contributed by atoms with Crippen LogP contribution in [0.4, 0.5) is 0 Å². The van der Waals surface area contributed by atoms with E-state index < -0.39 is 0 Å². The minimum Gasteiger partial charge on any atom is -0.296 e. The Morgan fingerprint density at radius 2 is 1.79 bits per heavy atom. The van der Waals surface area contributed by atoms with Gasteiger partial charge in [-0.05, 0) is 74.6 Å². The molecule has 2 fully saturated rings. The van der Waals surface area contributed by atoms with Gasteiger partial charge in [0.25, 0.3) is 0 Å². The van der Waals surface area contributed by atoms with E-state index in [2.05, 4.69) is 73.2 Å². The molecule has 3 unspecified atom stereocenters. The Morgan fingerprint density at radius 3 is 2.34 bits per heavy atom. The van der Waals surface area contributed by atoms with Gasteiger partial charge in [0, 0.05) is 36.2 Å². The smallest absolute Gasteiger partial charge is 0.0467 e. The number of hydrogen-bond donors (Lipinski definition) is 0. The molecule has 0 radical (unpaired) electrons. The van der Waals surface area contributed by atoms with Crippen molar-refractivity contribution in [3.63, 3.8) is 0 Å². The van der Waals surface area contributed by atoms with Crippen LogP contribution in [0.1, 0.15) is 57.9 Å². The van der Waals surface area contributed by atoms with E-state index in [4.69, 9.17) is 11.6 Å². The lowest BCUT2D eigenvalue weighted by atomic mass is 9.68. The third kappa shape index (κ3) is 5.34. The van der Waals surface area contributed by atoms with Crippen molar-refractivity contribution in [1.29, 1.82) is 0 Å². The van der Waals surface area contributed by atoms with Crippen molar-refractivity contribution in [3.05, 3.63) is 60.2 Å². The van der Waals surface area contributed by atoms with Crippen LogP contribution < -0.4 is 0 Å². The highest BCUT2D eigenvalue weighted by molar-refractivity contribution is 6.30. The van der Waals surface area contributed by atoms with Crippen LogP contribution in [0.15, 0.2) is 49.6 Å². The van der Waals surface area contributed by atoms with Crippen LogP contribution >= 0.6 is 11.6 Å². The molecule has 0 amide bonds. The Hall–Kier alpha value is -1.09. The molecule has 3 rings (SSSR count). The number of halogens is 1. The van der Waals surface area contributed by atoms with Crippen molar-refractivity contribution >= 4 is 11.6 Å². The van der Waals surface area contributed by atoms with E-state index in [1.807, 2.05) is 0 Å². The minimum absolute atomic E-state index is 0.0867. The first-order valence-corrected chi connectivity index (χ1v) is 11.9. The second-order valence-corrected chi connectivity index (χ2v) is 9.68. The molecular formula is C26H39ClN2. The fourth-order valence-electron chi connectivity index (χ4n) is 5.51. The van der Waals surface area contributed by atoms with Gasteiger partial charge >= 0.3 is 0 Å². The Morgan fingerprint density at radius 1 is 1.10 bits per heavy atom. The molecule has 1 aromatic carbocycles. The molecule has 1 aromatic rings. The van der Waals surface area contributed by atoms with Gasteiger partial charge in [0.2, 0.25) is 0 Å². The van der Waals surface area contributed by atoms with Crippen molar-refractivity contribution in [2.24, 2.45) is 11.8 Å². The lowest BCUT2D eigenvalue weighted by Crippen LogP contribution is -2.55. The molecule has 0 N–H and O–H groups in total. The second-order valence-electron chi connectivity index (χ2n) is 9.25. The second kappa shape index (κ2) is 10.3. The first kappa shape index (κ1) is 22.6. The highest BCUT2D eigenvalue weighted by atomic mass is 35.5. The van der Waals surface area contributed by atoms with Crippen LogP contribution in [-0.4, -0.2) is 42.0 Å². The molecule has 0 aromatic heterocycles. The molecule has 0 saturated heterocycles. The van der Waals surface area contributed by atoms with E-state index >= 15 is 0 Å².